The summed E-state index contributed by atoms with van der Waals surface area (Å²) in [6.45, 7) is 5.86. The largest absolute Gasteiger partial charge is 0.466 e. The van der Waals surface area contributed by atoms with Gasteiger partial charge in [0.25, 0.3) is 0 Å². The van der Waals surface area contributed by atoms with Crippen LogP contribution in [0, 0.1) is 0 Å². The molecule has 0 bridgehead atoms. The fraction of sp³-hybridized carbons (Fsp3) is 0.400. The monoisotopic (exact) mass is 419 g/mol. The molecule has 0 amide bonds. The molecule has 2 aromatic carbocycles. The topological polar surface area (TPSA) is 64.4 Å². The lowest BCUT2D eigenvalue weighted by Gasteiger charge is -2.30. The Labute approximate surface area is 182 Å². The van der Waals surface area contributed by atoms with E-state index in [2.05, 4.69) is 30.1 Å². The third-order valence-corrected chi connectivity index (χ3v) is 5.96. The fourth-order valence-corrected chi connectivity index (χ4v) is 4.45. The highest BCUT2D eigenvalue weighted by atomic mass is 16.5. The summed E-state index contributed by atoms with van der Waals surface area (Å²) < 4.78 is 7.19. The van der Waals surface area contributed by atoms with Crippen LogP contribution in [0.4, 0.5) is 0 Å². The first-order valence-corrected chi connectivity index (χ1v) is 10.9. The van der Waals surface area contributed by atoms with Crippen molar-refractivity contribution < 1.29 is 14.3 Å². The molecule has 0 aliphatic carbocycles. The summed E-state index contributed by atoms with van der Waals surface area (Å²) in [7, 11) is 2.17. The van der Waals surface area contributed by atoms with Crippen LogP contribution >= 0.6 is 0 Å². The van der Waals surface area contributed by atoms with Crippen LogP contribution in [-0.2, 0) is 16.0 Å². The molecule has 3 aromatic rings. The number of piperidine rings is 1. The van der Waals surface area contributed by atoms with Gasteiger partial charge in [0.15, 0.2) is 5.78 Å². The number of ether oxygens (including phenoxy) is 1. The van der Waals surface area contributed by atoms with Gasteiger partial charge in [0.2, 0.25) is 0 Å². The van der Waals surface area contributed by atoms with Gasteiger partial charge < -0.3 is 9.64 Å². The van der Waals surface area contributed by atoms with E-state index in [1.165, 1.54) is 18.4 Å². The van der Waals surface area contributed by atoms with Crippen LogP contribution in [-0.4, -0.2) is 52.9 Å². The van der Waals surface area contributed by atoms with Crippen molar-refractivity contribution in [3.63, 3.8) is 0 Å². The van der Waals surface area contributed by atoms with E-state index < -0.39 is 0 Å². The second kappa shape index (κ2) is 9.02. The molecule has 1 aliphatic rings. The number of carbonyl (C=O) groups is 2. The van der Waals surface area contributed by atoms with Crippen LogP contribution < -0.4 is 0 Å². The van der Waals surface area contributed by atoms with Crippen molar-refractivity contribution in [3.8, 4) is 5.69 Å². The van der Waals surface area contributed by atoms with Crippen molar-refractivity contribution in [1.29, 1.82) is 0 Å². The number of imidazole rings is 1. The molecule has 0 spiro atoms. The number of rotatable bonds is 6. The molecule has 1 fully saturated rings. The van der Waals surface area contributed by atoms with Crippen LogP contribution in [0.15, 0.2) is 42.5 Å². The Morgan fingerprint density at radius 1 is 1.19 bits per heavy atom. The van der Waals surface area contributed by atoms with E-state index in [-0.39, 0.29) is 18.2 Å². The summed E-state index contributed by atoms with van der Waals surface area (Å²) in [5.74, 6) is 0.793. The summed E-state index contributed by atoms with van der Waals surface area (Å²) in [5.41, 5.74) is 4.47. The molecule has 6 nitrogen and oxygen atoms in total. The maximum Gasteiger partial charge on any atom is 0.313 e. The van der Waals surface area contributed by atoms with Crippen molar-refractivity contribution in [2.45, 2.75) is 39.0 Å². The van der Waals surface area contributed by atoms with E-state index in [0.717, 1.165) is 24.3 Å². The van der Waals surface area contributed by atoms with Crippen molar-refractivity contribution in [1.82, 2.24) is 14.5 Å². The first-order valence-electron chi connectivity index (χ1n) is 10.9. The molecule has 162 valence electrons. The van der Waals surface area contributed by atoms with Gasteiger partial charge in [-0.3, -0.25) is 14.2 Å². The smallest absolute Gasteiger partial charge is 0.313 e. The van der Waals surface area contributed by atoms with Gasteiger partial charge in [0.1, 0.15) is 12.2 Å². The number of nitrogens with zero attached hydrogens (tertiary/aromatic N) is 3. The van der Waals surface area contributed by atoms with Crippen molar-refractivity contribution in [2.24, 2.45) is 0 Å². The molecule has 0 saturated carbocycles. The summed E-state index contributed by atoms with van der Waals surface area (Å²) >= 11 is 0. The SMILES string of the molecule is CCOC(=O)Cc1nc2cc(C(C)=O)ccc2n1-c1cccc(C2CCCN(C)C2)c1. The van der Waals surface area contributed by atoms with Gasteiger partial charge in [-0.05, 0) is 82.1 Å². The second-order valence-electron chi connectivity index (χ2n) is 8.30. The van der Waals surface area contributed by atoms with Gasteiger partial charge in [-0.1, -0.05) is 12.1 Å². The predicted molar refractivity (Wildman–Crippen MR) is 121 cm³/mol. The molecule has 1 unspecified atom stereocenters. The van der Waals surface area contributed by atoms with E-state index in [0.29, 0.717) is 29.4 Å². The summed E-state index contributed by atoms with van der Waals surface area (Å²) in [5, 5.41) is 0. The highest BCUT2D eigenvalue weighted by Crippen LogP contribution is 2.30. The van der Waals surface area contributed by atoms with E-state index in [1.54, 1.807) is 19.9 Å². The third kappa shape index (κ3) is 4.54. The highest BCUT2D eigenvalue weighted by molar-refractivity contribution is 5.97. The molecule has 4 rings (SSSR count). The van der Waals surface area contributed by atoms with Crippen molar-refractivity contribution >= 4 is 22.8 Å². The lowest BCUT2D eigenvalue weighted by molar-refractivity contribution is -0.142. The fourth-order valence-electron chi connectivity index (χ4n) is 4.45. The van der Waals surface area contributed by atoms with Crippen molar-refractivity contribution in [2.75, 3.05) is 26.7 Å². The number of Topliss-reactive ketones (excluding diaryl/α,β-unsaturated/α-hetero) is 1. The zero-order valence-corrected chi connectivity index (χ0v) is 18.4. The normalized spacial score (nSPS) is 17.1. The number of likely N-dealkylation sites (tertiary alicyclic amines) is 1. The van der Waals surface area contributed by atoms with Gasteiger partial charge in [-0.15, -0.1) is 0 Å². The van der Waals surface area contributed by atoms with E-state index >= 15 is 0 Å². The molecular formula is C25H29N3O3. The van der Waals surface area contributed by atoms with Crippen LogP contribution in [0.5, 0.6) is 0 Å². The van der Waals surface area contributed by atoms with Gasteiger partial charge >= 0.3 is 5.97 Å². The standard InChI is InChI=1S/C25H29N3O3/c1-4-31-25(30)15-24-26-22-14-18(17(2)29)10-11-23(22)28(24)21-9-5-7-19(13-21)20-8-6-12-27(3)16-20/h5,7,9-11,13-14,20H,4,6,8,12,15-16H2,1-3H3. The van der Waals surface area contributed by atoms with Gasteiger partial charge in [0, 0.05) is 17.8 Å². The quantitative estimate of drug-likeness (QED) is 0.444. The molecule has 2 heterocycles. The average Bonchev–Trinajstić information content (AvgIpc) is 3.10. The maximum absolute atomic E-state index is 12.3. The Morgan fingerprint density at radius 2 is 2.03 bits per heavy atom. The van der Waals surface area contributed by atoms with Crippen LogP contribution in [0.1, 0.15) is 54.4 Å². The first kappa shape index (κ1) is 21.2. The van der Waals surface area contributed by atoms with Gasteiger partial charge in [-0.25, -0.2) is 4.98 Å². The Hall–Kier alpha value is -2.99. The Kier molecular flexibility index (Phi) is 6.18. The Bertz CT molecular complexity index is 1120. The minimum Gasteiger partial charge on any atom is -0.466 e. The Balaban J connectivity index is 1.80. The zero-order valence-electron chi connectivity index (χ0n) is 18.4. The summed E-state index contributed by atoms with van der Waals surface area (Å²) in [6.07, 6.45) is 2.45. The molecule has 0 radical (unpaired) electrons. The Morgan fingerprint density at radius 3 is 2.77 bits per heavy atom. The number of fused-ring (bicyclic) bond motifs is 1. The van der Waals surface area contributed by atoms with E-state index in [9.17, 15) is 9.59 Å². The lowest BCUT2D eigenvalue weighted by Crippen LogP contribution is -2.30. The number of ketones is 1. The molecule has 0 N–H and O–H groups in total. The molecule has 1 saturated heterocycles. The number of hydrogen-bond donors (Lipinski definition) is 0. The molecule has 6 heteroatoms. The summed E-state index contributed by atoms with van der Waals surface area (Å²) in [6, 6.07) is 14.0. The van der Waals surface area contributed by atoms with Gasteiger partial charge in [0.05, 0.1) is 17.6 Å². The van der Waals surface area contributed by atoms with Crippen LogP contribution in [0.3, 0.4) is 0 Å². The summed E-state index contributed by atoms with van der Waals surface area (Å²) in [4.78, 5) is 31.2. The molecular weight excluding hydrogens is 390 g/mol. The minimum absolute atomic E-state index is 0.00758. The number of carbonyl (C=O) groups excluding carboxylic acids is 2. The number of esters is 1. The lowest BCUT2D eigenvalue weighted by atomic mass is 9.90. The highest BCUT2D eigenvalue weighted by Gasteiger charge is 2.21. The first-order chi connectivity index (χ1) is 15.0. The predicted octanol–water partition coefficient (Wildman–Crippen LogP) is 4.14. The minimum atomic E-state index is -0.309. The van der Waals surface area contributed by atoms with Crippen LogP contribution in [0.25, 0.3) is 16.7 Å². The number of likely N-dealkylation sites (N-methyl/N-ethyl adjacent to an activating group) is 1. The third-order valence-electron chi connectivity index (χ3n) is 5.96. The molecule has 31 heavy (non-hydrogen) atoms. The maximum atomic E-state index is 12.3. The second-order valence-corrected chi connectivity index (χ2v) is 8.30. The molecule has 1 aliphatic heterocycles. The number of benzene rings is 2. The van der Waals surface area contributed by atoms with Crippen LogP contribution in [0.2, 0.25) is 0 Å². The number of hydrogen-bond acceptors (Lipinski definition) is 5. The van der Waals surface area contributed by atoms with Gasteiger partial charge in [-0.2, -0.15) is 0 Å². The van der Waals surface area contributed by atoms with Crippen molar-refractivity contribution in [3.05, 3.63) is 59.4 Å². The zero-order chi connectivity index (χ0) is 22.0. The molecule has 1 aromatic heterocycles. The van der Waals surface area contributed by atoms with E-state index in [1.807, 2.05) is 22.8 Å². The van der Waals surface area contributed by atoms with E-state index in [4.69, 9.17) is 9.72 Å². The number of aromatic nitrogens is 2. The average molecular weight is 420 g/mol. The molecule has 1 atom stereocenters.